The number of thiophene rings is 1. The van der Waals surface area contributed by atoms with Gasteiger partial charge < -0.3 is 10.3 Å². The highest BCUT2D eigenvalue weighted by molar-refractivity contribution is 7.18. The van der Waals surface area contributed by atoms with E-state index in [1.807, 2.05) is 29.6 Å². The lowest BCUT2D eigenvalue weighted by Gasteiger charge is -2.12. The van der Waals surface area contributed by atoms with Crippen LogP contribution in [0.4, 0.5) is 15.9 Å². The quantitative estimate of drug-likeness (QED) is 0.407. The van der Waals surface area contributed by atoms with Crippen molar-refractivity contribution in [1.82, 2.24) is 20.2 Å². The summed E-state index contributed by atoms with van der Waals surface area (Å²) in [5, 5.41) is 15.3. The molecule has 5 aromatic rings. The van der Waals surface area contributed by atoms with Gasteiger partial charge in [0.2, 0.25) is 0 Å². The minimum absolute atomic E-state index is 0.206. The van der Waals surface area contributed by atoms with Crippen molar-refractivity contribution in [2.24, 2.45) is 0 Å². The fourth-order valence-electron chi connectivity index (χ4n) is 3.10. The largest absolute Gasteiger partial charge is 0.335 e. The van der Waals surface area contributed by atoms with Crippen molar-refractivity contribution in [3.8, 4) is 11.4 Å². The highest BCUT2D eigenvalue weighted by Crippen LogP contribution is 2.38. The number of fused-ring (bicyclic) bond motifs is 3. The van der Waals surface area contributed by atoms with Crippen LogP contribution in [0, 0.1) is 5.82 Å². The third-order valence-electron chi connectivity index (χ3n) is 4.31. The Bertz CT molecular complexity index is 1260. The molecule has 0 bridgehead atoms. The third-order valence-corrected chi connectivity index (χ3v) is 5.54. The molecular weight excluding hydrogens is 385 g/mol. The smallest absolute Gasteiger partial charge is 0.163 e. The van der Waals surface area contributed by atoms with Crippen LogP contribution in [0.25, 0.3) is 32.4 Å². The van der Waals surface area contributed by atoms with Crippen LogP contribution in [0.5, 0.6) is 0 Å². The number of aromatic amines is 1. The molecule has 0 radical (unpaired) electrons. The topological polar surface area (TPSA) is 66.5 Å². The van der Waals surface area contributed by atoms with E-state index in [0.29, 0.717) is 16.7 Å². The molecule has 0 amide bonds. The molecule has 5 nitrogen and oxygen atoms in total. The molecule has 8 heteroatoms. The van der Waals surface area contributed by atoms with E-state index in [1.165, 1.54) is 23.7 Å². The molecule has 0 aliphatic rings. The summed E-state index contributed by atoms with van der Waals surface area (Å²) in [7, 11) is 0. The van der Waals surface area contributed by atoms with Gasteiger partial charge in [0, 0.05) is 16.3 Å². The van der Waals surface area contributed by atoms with Crippen molar-refractivity contribution >= 4 is 55.4 Å². The van der Waals surface area contributed by atoms with Gasteiger partial charge >= 0.3 is 0 Å². The second kappa shape index (κ2) is 6.29. The molecule has 0 atom stereocenters. The molecule has 0 aliphatic carbocycles. The molecule has 27 heavy (non-hydrogen) atoms. The van der Waals surface area contributed by atoms with Crippen LogP contribution in [0.2, 0.25) is 5.02 Å². The summed E-state index contributed by atoms with van der Waals surface area (Å²) in [5.41, 5.74) is 1.77. The summed E-state index contributed by atoms with van der Waals surface area (Å²) < 4.78 is 15.2. The van der Waals surface area contributed by atoms with E-state index in [4.69, 9.17) is 16.6 Å². The van der Waals surface area contributed by atoms with E-state index in [9.17, 15) is 4.39 Å². The zero-order chi connectivity index (χ0) is 18.4. The maximum absolute atomic E-state index is 14.3. The summed E-state index contributed by atoms with van der Waals surface area (Å²) in [5.74, 6) is 0.738. The molecule has 5 rings (SSSR count). The Labute approximate surface area is 161 Å². The van der Waals surface area contributed by atoms with E-state index < -0.39 is 5.82 Å². The van der Waals surface area contributed by atoms with Crippen molar-refractivity contribution in [2.75, 3.05) is 5.32 Å². The van der Waals surface area contributed by atoms with Gasteiger partial charge in [0.05, 0.1) is 20.9 Å². The number of H-pyrrole nitrogens is 1. The highest BCUT2D eigenvalue weighted by atomic mass is 35.5. The van der Waals surface area contributed by atoms with Crippen LogP contribution in [-0.2, 0) is 0 Å². The first-order valence-corrected chi connectivity index (χ1v) is 9.35. The first kappa shape index (κ1) is 16.2. The average molecular weight is 396 g/mol. The highest BCUT2D eigenvalue weighted by Gasteiger charge is 2.16. The molecule has 0 aliphatic heterocycles. The van der Waals surface area contributed by atoms with Crippen LogP contribution in [-0.4, -0.2) is 20.2 Å². The molecule has 0 fully saturated rings. The zero-order valence-corrected chi connectivity index (χ0v) is 15.3. The first-order chi connectivity index (χ1) is 13.2. The van der Waals surface area contributed by atoms with Gasteiger partial charge in [0.15, 0.2) is 5.82 Å². The maximum atomic E-state index is 14.3. The number of anilines is 2. The molecule has 2 aromatic carbocycles. The molecule has 3 aromatic heterocycles. The molecule has 0 saturated carbocycles. The summed E-state index contributed by atoms with van der Waals surface area (Å²) in [6.45, 7) is 0. The van der Waals surface area contributed by atoms with Gasteiger partial charge in [0.25, 0.3) is 0 Å². The molecule has 2 N–H and O–H groups in total. The minimum Gasteiger partial charge on any atom is -0.335 e. The van der Waals surface area contributed by atoms with Crippen molar-refractivity contribution in [1.29, 1.82) is 0 Å². The number of hydrogen-bond donors (Lipinski definition) is 2. The number of nitrogens with one attached hydrogen (secondary N) is 2. The Balaban J connectivity index is 1.79. The third kappa shape index (κ3) is 2.63. The number of benzene rings is 2. The molecule has 0 spiro atoms. The van der Waals surface area contributed by atoms with Crippen LogP contribution in [0.15, 0.2) is 54.2 Å². The van der Waals surface area contributed by atoms with Crippen LogP contribution < -0.4 is 5.32 Å². The van der Waals surface area contributed by atoms with E-state index in [0.717, 1.165) is 26.6 Å². The maximum Gasteiger partial charge on any atom is 0.163 e. The molecule has 3 heterocycles. The monoisotopic (exact) mass is 395 g/mol. The van der Waals surface area contributed by atoms with Gasteiger partial charge in [0.1, 0.15) is 18.0 Å². The van der Waals surface area contributed by atoms with Gasteiger partial charge in [-0.05, 0) is 29.6 Å². The van der Waals surface area contributed by atoms with Crippen molar-refractivity contribution in [3.05, 3.63) is 65.0 Å². The summed E-state index contributed by atoms with van der Waals surface area (Å²) >= 11 is 7.72. The first-order valence-electron chi connectivity index (χ1n) is 8.10. The van der Waals surface area contributed by atoms with Crippen LogP contribution in [0.1, 0.15) is 0 Å². The second-order valence-electron chi connectivity index (χ2n) is 5.88. The Kier molecular flexibility index (Phi) is 3.77. The SMILES string of the molecule is Fc1cccc(Cl)c1Nc1nc2c(-c3nnc[nH]3)cccc2c2ccsc12. The van der Waals surface area contributed by atoms with Crippen molar-refractivity contribution < 1.29 is 4.39 Å². The Hall–Kier alpha value is -3.03. The van der Waals surface area contributed by atoms with Gasteiger partial charge in [-0.2, -0.15) is 0 Å². The number of halogens is 2. The van der Waals surface area contributed by atoms with Gasteiger partial charge in [-0.15, -0.1) is 21.5 Å². The lowest BCUT2D eigenvalue weighted by atomic mass is 10.1. The standard InChI is InChI=1S/C19H11ClFN5S/c20-13-5-2-6-14(21)16(13)25-19-17-11(7-8-27-17)10-3-1-4-12(15(10)24-19)18-22-9-23-26-18/h1-9H,(H,24,25)(H,22,23,26). The van der Waals surface area contributed by atoms with E-state index in [1.54, 1.807) is 12.1 Å². The predicted molar refractivity (Wildman–Crippen MR) is 107 cm³/mol. The van der Waals surface area contributed by atoms with Crippen LogP contribution >= 0.6 is 22.9 Å². The molecule has 0 unspecified atom stereocenters. The van der Waals surface area contributed by atoms with Gasteiger partial charge in [-0.3, -0.25) is 0 Å². The lowest BCUT2D eigenvalue weighted by molar-refractivity contribution is 0.632. The Morgan fingerprint density at radius 3 is 2.78 bits per heavy atom. The number of rotatable bonds is 3. The van der Waals surface area contributed by atoms with Gasteiger partial charge in [-0.25, -0.2) is 9.37 Å². The second-order valence-corrected chi connectivity index (χ2v) is 7.21. The lowest BCUT2D eigenvalue weighted by Crippen LogP contribution is -1.99. The average Bonchev–Trinajstić information content (AvgIpc) is 3.36. The van der Waals surface area contributed by atoms with Gasteiger partial charge in [-0.1, -0.05) is 29.8 Å². The minimum atomic E-state index is -0.433. The number of nitrogens with zero attached hydrogens (tertiary/aromatic N) is 3. The molecular formula is C19H11ClFN5S. The van der Waals surface area contributed by atoms with Crippen LogP contribution in [0.3, 0.4) is 0 Å². The Morgan fingerprint density at radius 1 is 1.07 bits per heavy atom. The molecule has 0 saturated heterocycles. The normalized spacial score (nSPS) is 11.3. The summed E-state index contributed by atoms with van der Waals surface area (Å²) in [6.07, 6.45) is 1.52. The van der Waals surface area contributed by atoms with E-state index in [2.05, 4.69) is 20.5 Å². The van der Waals surface area contributed by atoms with E-state index >= 15 is 0 Å². The number of aromatic nitrogens is 4. The summed E-state index contributed by atoms with van der Waals surface area (Å²) in [4.78, 5) is 7.81. The predicted octanol–water partition coefficient (Wildman–Crippen LogP) is 5.77. The Morgan fingerprint density at radius 2 is 1.96 bits per heavy atom. The fraction of sp³-hybridized carbons (Fsp3) is 0. The van der Waals surface area contributed by atoms with Crippen molar-refractivity contribution in [2.45, 2.75) is 0 Å². The number of pyridine rings is 1. The summed E-state index contributed by atoms with van der Waals surface area (Å²) in [6, 6.07) is 12.5. The van der Waals surface area contributed by atoms with Crippen molar-refractivity contribution in [3.63, 3.8) is 0 Å². The van der Waals surface area contributed by atoms with E-state index in [-0.39, 0.29) is 5.69 Å². The zero-order valence-electron chi connectivity index (χ0n) is 13.7. The number of hydrogen-bond acceptors (Lipinski definition) is 5. The number of para-hydroxylation sites is 2. The fourth-order valence-corrected chi connectivity index (χ4v) is 4.16. The molecule has 132 valence electrons.